The van der Waals surface area contributed by atoms with Gasteiger partial charge in [-0.3, -0.25) is 5.41 Å². The highest BCUT2D eigenvalue weighted by Crippen LogP contribution is 2.29. The van der Waals surface area contributed by atoms with Gasteiger partial charge in [-0.15, -0.1) is 0 Å². The van der Waals surface area contributed by atoms with E-state index >= 15 is 0 Å². The molecule has 1 aliphatic carbocycles. The zero-order chi connectivity index (χ0) is 15.6. The van der Waals surface area contributed by atoms with Crippen LogP contribution in [0.1, 0.15) is 36.8 Å². The second-order valence-electron chi connectivity index (χ2n) is 5.76. The Morgan fingerprint density at radius 3 is 2.43 bits per heavy atom. The number of hydrogen-bond donors (Lipinski definition) is 2. The molecule has 0 aliphatic heterocycles. The van der Waals surface area contributed by atoms with Gasteiger partial charge in [0.1, 0.15) is 5.84 Å². The molecule has 1 aliphatic rings. The van der Waals surface area contributed by atoms with Crippen molar-refractivity contribution >= 4 is 15.9 Å². The second-order valence-corrected chi connectivity index (χ2v) is 7.65. The van der Waals surface area contributed by atoms with Crippen LogP contribution in [0.5, 0.6) is 0 Å². The molecule has 0 unspecified atom stereocenters. The van der Waals surface area contributed by atoms with E-state index in [1.54, 1.807) is 12.1 Å². The van der Waals surface area contributed by atoms with Crippen molar-refractivity contribution in [3.05, 3.63) is 29.3 Å². The lowest BCUT2D eigenvalue weighted by Crippen LogP contribution is -2.43. The molecule has 0 aromatic heterocycles. The van der Waals surface area contributed by atoms with Crippen LogP contribution < -0.4 is 5.73 Å². The smallest absolute Gasteiger partial charge is 0.243 e. The highest BCUT2D eigenvalue weighted by Gasteiger charge is 2.33. The Morgan fingerprint density at radius 2 is 1.90 bits per heavy atom. The summed E-state index contributed by atoms with van der Waals surface area (Å²) < 4.78 is 27.2. The normalized spacial score (nSPS) is 16.5. The Labute approximate surface area is 126 Å². The predicted molar refractivity (Wildman–Crippen MR) is 84.0 cm³/mol. The zero-order valence-electron chi connectivity index (χ0n) is 12.6. The van der Waals surface area contributed by atoms with Crippen molar-refractivity contribution < 1.29 is 8.42 Å². The van der Waals surface area contributed by atoms with Gasteiger partial charge in [-0.25, -0.2) is 8.42 Å². The molecule has 0 spiro atoms. The third-order valence-corrected chi connectivity index (χ3v) is 6.04. The van der Waals surface area contributed by atoms with Crippen molar-refractivity contribution in [1.29, 1.82) is 5.41 Å². The molecule has 0 atom stereocenters. The summed E-state index contributed by atoms with van der Waals surface area (Å²) in [7, 11) is -3.61. The number of rotatable bonds is 5. The molecule has 0 amide bonds. The minimum absolute atomic E-state index is 0.0279. The highest BCUT2D eigenvalue weighted by molar-refractivity contribution is 7.89. The summed E-state index contributed by atoms with van der Waals surface area (Å²) in [6, 6.07) is 5.12. The van der Waals surface area contributed by atoms with Crippen LogP contribution in [0.25, 0.3) is 0 Å². The van der Waals surface area contributed by atoms with Gasteiger partial charge in [0, 0.05) is 6.04 Å². The van der Waals surface area contributed by atoms with Crippen LogP contribution in [-0.4, -0.2) is 31.1 Å². The molecule has 6 heteroatoms. The average molecular weight is 309 g/mol. The van der Waals surface area contributed by atoms with Gasteiger partial charge in [0.2, 0.25) is 10.0 Å². The standard InChI is InChI=1S/C15H23N3O2S/c1-11-7-8-14(9-12(11)2)21(19,20)18(10-15(16)17)13-5-3-4-6-13/h7-9,13H,3-6,10H2,1-2H3,(H3,16,17). The van der Waals surface area contributed by atoms with Gasteiger partial charge in [0.05, 0.1) is 11.4 Å². The van der Waals surface area contributed by atoms with Gasteiger partial charge in [-0.2, -0.15) is 4.31 Å². The number of sulfonamides is 1. The SMILES string of the molecule is Cc1ccc(S(=O)(=O)N(CC(=N)N)C2CCCC2)cc1C. The maximum atomic E-state index is 12.9. The fraction of sp³-hybridized carbons (Fsp3) is 0.533. The lowest BCUT2D eigenvalue weighted by Gasteiger charge is -2.27. The van der Waals surface area contributed by atoms with Crippen molar-refractivity contribution in [1.82, 2.24) is 4.31 Å². The first-order chi connectivity index (χ1) is 9.82. The van der Waals surface area contributed by atoms with Crippen LogP contribution in [-0.2, 0) is 10.0 Å². The van der Waals surface area contributed by atoms with E-state index < -0.39 is 10.0 Å². The molecule has 1 saturated carbocycles. The van der Waals surface area contributed by atoms with Crippen LogP contribution in [0, 0.1) is 19.3 Å². The summed E-state index contributed by atoms with van der Waals surface area (Å²) in [5.74, 6) is -0.116. The summed E-state index contributed by atoms with van der Waals surface area (Å²) >= 11 is 0. The van der Waals surface area contributed by atoms with E-state index in [2.05, 4.69) is 0 Å². The molecular formula is C15H23N3O2S. The van der Waals surface area contributed by atoms with Crippen molar-refractivity contribution in [2.24, 2.45) is 5.73 Å². The molecular weight excluding hydrogens is 286 g/mol. The van der Waals surface area contributed by atoms with Gasteiger partial charge in [0.15, 0.2) is 0 Å². The molecule has 0 saturated heterocycles. The van der Waals surface area contributed by atoms with E-state index in [4.69, 9.17) is 11.1 Å². The van der Waals surface area contributed by atoms with E-state index in [-0.39, 0.29) is 18.4 Å². The minimum Gasteiger partial charge on any atom is -0.387 e. The number of amidine groups is 1. The molecule has 0 heterocycles. The maximum absolute atomic E-state index is 12.9. The van der Waals surface area contributed by atoms with Crippen LogP contribution in [0.3, 0.4) is 0 Å². The molecule has 1 aromatic carbocycles. The largest absolute Gasteiger partial charge is 0.387 e. The zero-order valence-corrected chi connectivity index (χ0v) is 13.4. The van der Waals surface area contributed by atoms with Gasteiger partial charge < -0.3 is 5.73 Å². The fourth-order valence-electron chi connectivity index (χ4n) is 2.78. The van der Waals surface area contributed by atoms with Crippen molar-refractivity contribution in [2.45, 2.75) is 50.5 Å². The second kappa shape index (κ2) is 6.15. The fourth-order valence-corrected chi connectivity index (χ4v) is 4.53. The molecule has 5 nitrogen and oxygen atoms in total. The Morgan fingerprint density at radius 1 is 1.29 bits per heavy atom. The Bertz CT molecular complexity index is 634. The predicted octanol–water partition coefficient (Wildman–Crippen LogP) is 2.17. The lowest BCUT2D eigenvalue weighted by atomic mass is 10.1. The molecule has 0 bridgehead atoms. The first-order valence-electron chi connectivity index (χ1n) is 7.24. The van der Waals surface area contributed by atoms with E-state index in [9.17, 15) is 8.42 Å². The van der Waals surface area contributed by atoms with E-state index in [1.807, 2.05) is 19.9 Å². The number of nitrogens with one attached hydrogen (secondary N) is 1. The maximum Gasteiger partial charge on any atom is 0.243 e. The Kier molecular flexibility index (Phi) is 4.68. The van der Waals surface area contributed by atoms with Gasteiger partial charge in [-0.05, 0) is 49.9 Å². The summed E-state index contributed by atoms with van der Waals surface area (Å²) in [6.45, 7) is 3.83. The third kappa shape index (κ3) is 3.44. The molecule has 116 valence electrons. The van der Waals surface area contributed by atoms with Crippen molar-refractivity contribution in [3.63, 3.8) is 0 Å². The van der Waals surface area contributed by atoms with Crippen LogP contribution in [0.4, 0.5) is 0 Å². The molecule has 1 fully saturated rings. The number of hydrogen-bond acceptors (Lipinski definition) is 3. The summed E-state index contributed by atoms with van der Waals surface area (Å²) in [5.41, 5.74) is 7.48. The molecule has 0 radical (unpaired) electrons. The van der Waals surface area contributed by atoms with E-state index in [0.717, 1.165) is 36.8 Å². The van der Waals surface area contributed by atoms with Gasteiger partial charge >= 0.3 is 0 Å². The number of aryl methyl sites for hydroxylation is 2. The van der Waals surface area contributed by atoms with Gasteiger partial charge in [0.25, 0.3) is 0 Å². The molecule has 3 N–H and O–H groups in total. The lowest BCUT2D eigenvalue weighted by molar-refractivity contribution is 0.353. The quantitative estimate of drug-likeness (QED) is 0.645. The first-order valence-corrected chi connectivity index (χ1v) is 8.68. The van der Waals surface area contributed by atoms with Crippen LogP contribution in [0.2, 0.25) is 0 Å². The molecule has 2 rings (SSSR count). The Balaban J connectivity index is 2.40. The average Bonchev–Trinajstić information content (AvgIpc) is 2.92. The summed E-state index contributed by atoms with van der Waals surface area (Å²) in [4.78, 5) is 0.291. The highest BCUT2D eigenvalue weighted by atomic mass is 32.2. The monoisotopic (exact) mass is 309 g/mol. The van der Waals surface area contributed by atoms with Crippen molar-refractivity contribution in [2.75, 3.05) is 6.54 Å². The summed E-state index contributed by atoms with van der Waals surface area (Å²) in [5, 5.41) is 7.48. The molecule has 1 aromatic rings. The number of nitrogens with zero attached hydrogens (tertiary/aromatic N) is 1. The van der Waals surface area contributed by atoms with Gasteiger partial charge in [-0.1, -0.05) is 18.9 Å². The van der Waals surface area contributed by atoms with Crippen molar-refractivity contribution in [3.8, 4) is 0 Å². The summed E-state index contributed by atoms with van der Waals surface area (Å²) in [6.07, 6.45) is 3.75. The van der Waals surface area contributed by atoms with E-state index in [0.29, 0.717) is 4.90 Å². The topological polar surface area (TPSA) is 87.2 Å². The van der Waals surface area contributed by atoms with E-state index in [1.165, 1.54) is 4.31 Å². The number of benzene rings is 1. The number of nitrogens with two attached hydrogens (primary N) is 1. The minimum atomic E-state index is -3.61. The Hall–Kier alpha value is -1.40. The van der Waals surface area contributed by atoms with Crippen LogP contribution >= 0.6 is 0 Å². The molecule has 21 heavy (non-hydrogen) atoms. The first kappa shape index (κ1) is 16.0. The van der Waals surface area contributed by atoms with Crippen LogP contribution in [0.15, 0.2) is 23.1 Å². The third-order valence-electron chi connectivity index (χ3n) is 4.14.